The summed E-state index contributed by atoms with van der Waals surface area (Å²) in [5.74, 6) is -0.298. The lowest BCUT2D eigenvalue weighted by Crippen LogP contribution is -2.17. The zero-order chi connectivity index (χ0) is 7.61. The first-order chi connectivity index (χ1) is 4.66. The summed E-state index contributed by atoms with van der Waals surface area (Å²) >= 11 is 0. The molecule has 0 aromatic heterocycles. The van der Waals surface area contributed by atoms with Crippen molar-refractivity contribution in [1.29, 1.82) is 0 Å². The van der Waals surface area contributed by atoms with Crippen LogP contribution in [-0.4, -0.2) is 25.3 Å². The highest BCUT2D eigenvalue weighted by molar-refractivity contribution is 5.70. The van der Waals surface area contributed by atoms with Crippen molar-refractivity contribution < 1.29 is 14.3 Å². The average molecular weight is 144 g/mol. The molecule has 0 amide bonds. The van der Waals surface area contributed by atoms with E-state index in [0.29, 0.717) is 0 Å². The second-order valence-corrected chi connectivity index (χ2v) is 2.81. The van der Waals surface area contributed by atoms with E-state index in [2.05, 4.69) is 4.74 Å². The molecule has 0 radical (unpaired) electrons. The van der Waals surface area contributed by atoms with Crippen LogP contribution in [0.2, 0.25) is 0 Å². The maximum Gasteiger partial charge on any atom is 0.331 e. The first-order valence-electron chi connectivity index (χ1n) is 3.37. The van der Waals surface area contributed by atoms with Gasteiger partial charge in [0.25, 0.3) is 0 Å². The van der Waals surface area contributed by atoms with Gasteiger partial charge in [0, 0.05) is 0 Å². The van der Waals surface area contributed by atoms with Crippen molar-refractivity contribution in [3.63, 3.8) is 0 Å². The molecule has 0 unspecified atom stereocenters. The lowest BCUT2D eigenvalue weighted by molar-refractivity contribution is -0.148. The van der Waals surface area contributed by atoms with E-state index in [4.69, 9.17) is 4.74 Å². The molecule has 58 valence electrons. The summed E-state index contributed by atoms with van der Waals surface area (Å²) in [6.45, 7) is 2.09. The third kappa shape index (κ3) is 1.99. The smallest absolute Gasteiger partial charge is 0.331 e. The van der Waals surface area contributed by atoms with Gasteiger partial charge in [-0.1, -0.05) is 0 Å². The Labute approximate surface area is 60.3 Å². The van der Waals surface area contributed by atoms with Crippen LogP contribution in [0.3, 0.4) is 0 Å². The third-order valence-electron chi connectivity index (χ3n) is 1.72. The number of hydrogen-bond donors (Lipinski definition) is 0. The highest BCUT2D eigenvalue weighted by Crippen LogP contribution is 2.38. The normalized spacial score (nSPS) is 20.2. The Kier molecular flexibility index (Phi) is 1.94. The number of carbonyl (C=O) groups excluding carboxylic acids is 1. The Balaban J connectivity index is 2.10. The fraction of sp³-hybridized carbons (Fsp3) is 0.857. The average Bonchev–Trinajstić information content (AvgIpc) is 2.64. The highest BCUT2D eigenvalue weighted by Gasteiger charge is 2.38. The predicted octanol–water partition coefficient (Wildman–Crippen LogP) is 0.728. The van der Waals surface area contributed by atoms with Gasteiger partial charge in [-0.25, -0.2) is 4.79 Å². The maximum atomic E-state index is 10.5. The molecule has 1 saturated carbocycles. The van der Waals surface area contributed by atoms with Crippen LogP contribution < -0.4 is 0 Å². The Bertz CT molecular complexity index is 138. The number of methoxy groups -OCH3 is 1. The van der Waals surface area contributed by atoms with Crippen LogP contribution in [0.25, 0.3) is 0 Å². The molecular formula is C7H12O3. The molecule has 1 rings (SSSR count). The summed E-state index contributed by atoms with van der Waals surface area (Å²) in [5, 5.41) is 0. The van der Waals surface area contributed by atoms with E-state index in [1.54, 1.807) is 0 Å². The molecule has 0 aromatic rings. The van der Waals surface area contributed by atoms with E-state index < -0.39 is 0 Å². The van der Waals surface area contributed by atoms with E-state index in [0.717, 1.165) is 12.8 Å². The summed E-state index contributed by atoms with van der Waals surface area (Å²) < 4.78 is 9.63. The van der Waals surface area contributed by atoms with Crippen molar-refractivity contribution in [1.82, 2.24) is 0 Å². The van der Waals surface area contributed by atoms with E-state index in [-0.39, 0.29) is 18.2 Å². The zero-order valence-corrected chi connectivity index (χ0v) is 6.35. The van der Waals surface area contributed by atoms with Gasteiger partial charge in [0.1, 0.15) is 6.61 Å². The molecule has 0 bridgehead atoms. The van der Waals surface area contributed by atoms with Gasteiger partial charge >= 0.3 is 5.97 Å². The Hall–Kier alpha value is -0.570. The van der Waals surface area contributed by atoms with Crippen molar-refractivity contribution in [2.45, 2.75) is 25.4 Å². The van der Waals surface area contributed by atoms with Gasteiger partial charge in [0.15, 0.2) is 0 Å². The molecular weight excluding hydrogens is 132 g/mol. The van der Waals surface area contributed by atoms with Crippen LogP contribution in [0.4, 0.5) is 0 Å². The summed E-state index contributed by atoms with van der Waals surface area (Å²) in [6.07, 6.45) is 2.12. The molecule has 3 heteroatoms. The van der Waals surface area contributed by atoms with Crippen molar-refractivity contribution in [2.75, 3.05) is 13.7 Å². The standard InChI is InChI=1S/C7H12O3/c1-7(3-4-7)10-5-6(8)9-2/h3-5H2,1-2H3. The third-order valence-corrected chi connectivity index (χ3v) is 1.72. The second-order valence-electron chi connectivity index (χ2n) is 2.81. The minimum absolute atomic E-state index is 0.0197. The van der Waals surface area contributed by atoms with Crippen LogP contribution in [-0.2, 0) is 14.3 Å². The van der Waals surface area contributed by atoms with Crippen LogP contribution in [0, 0.1) is 0 Å². The molecule has 0 heterocycles. The first-order valence-corrected chi connectivity index (χ1v) is 3.37. The van der Waals surface area contributed by atoms with Gasteiger partial charge < -0.3 is 9.47 Å². The number of ether oxygens (including phenoxy) is 2. The Morgan fingerprint density at radius 2 is 2.20 bits per heavy atom. The van der Waals surface area contributed by atoms with Crippen molar-refractivity contribution in [3.8, 4) is 0 Å². The van der Waals surface area contributed by atoms with Gasteiger partial charge in [-0.05, 0) is 19.8 Å². The zero-order valence-electron chi connectivity index (χ0n) is 6.35. The molecule has 1 aliphatic carbocycles. The Morgan fingerprint density at radius 1 is 1.60 bits per heavy atom. The van der Waals surface area contributed by atoms with Gasteiger partial charge in [0.05, 0.1) is 12.7 Å². The van der Waals surface area contributed by atoms with Gasteiger partial charge in [0.2, 0.25) is 0 Å². The monoisotopic (exact) mass is 144 g/mol. The molecule has 0 atom stereocenters. The van der Waals surface area contributed by atoms with Crippen molar-refractivity contribution in [2.24, 2.45) is 0 Å². The minimum Gasteiger partial charge on any atom is -0.467 e. The molecule has 0 aliphatic heterocycles. The molecule has 3 nitrogen and oxygen atoms in total. The Morgan fingerprint density at radius 3 is 2.60 bits per heavy atom. The van der Waals surface area contributed by atoms with Crippen molar-refractivity contribution in [3.05, 3.63) is 0 Å². The van der Waals surface area contributed by atoms with E-state index >= 15 is 0 Å². The van der Waals surface area contributed by atoms with Gasteiger partial charge in [-0.3, -0.25) is 0 Å². The lowest BCUT2D eigenvalue weighted by atomic mass is 10.4. The largest absolute Gasteiger partial charge is 0.467 e. The minimum atomic E-state index is -0.298. The SMILES string of the molecule is COC(=O)COC1(C)CC1. The molecule has 0 saturated heterocycles. The predicted molar refractivity (Wildman–Crippen MR) is 35.6 cm³/mol. The molecule has 1 aliphatic rings. The number of rotatable bonds is 3. The van der Waals surface area contributed by atoms with E-state index in [1.807, 2.05) is 6.92 Å². The van der Waals surface area contributed by atoms with Crippen LogP contribution in [0.5, 0.6) is 0 Å². The van der Waals surface area contributed by atoms with Crippen molar-refractivity contribution >= 4 is 5.97 Å². The van der Waals surface area contributed by atoms with E-state index in [9.17, 15) is 4.79 Å². The number of esters is 1. The van der Waals surface area contributed by atoms with Gasteiger partial charge in [-0.2, -0.15) is 0 Å². The summed E-state index contributed by atoms with van der Waals surface area (Å²) in [5.41, 5.74) is -0.0197. The summed E-state index contributed by atoms with van der Waals surface area (Å²) in [7, 11) is 1.36. The number of carbonyl (C=O) groups is 1. The molecule has 10 heavy (non-hydrogen) atoms. The fourth-order valence-corrected chi connectivity index (χ4v) is 0.612. The van der Waals surface area contributed by atoms with E-state index in [1.165, 1.54) is 7.11 Å². The van der Waals surface area contributed by atoms with Crippen LogP contribution >= 0.6 is 0 Å². The van der Waals surface area contributed by atoms with Crippen LogP contribution in [0.15, 0.2) is 0 Å². The summed E-state index contributed by atoms with van der Waals surface area (Å²) in [6, 6.07) is 0. The lowest BCUT2D eigenvalue weighted by Gasteiger charge is -2.07. The molecule has 0 spiro atoms. The highest BCUT2D eigenvalue weighted by atomic mass is 16.6. The molecule has 1 fully saturated rings. The second kappa shape index (κ2) is 2.58. The fourth-order valence-electron chi connectivity index (χ4n) is 0.612. The topological polar surface area (TPSA) is 35.5 Å². The van der Waals surface area contributed by atoms with Gasteiger partial charge in [-0.15, -0.1) is 0 Å². The quantitative estimate of drug-likeness (QED) is 0.548. The van der Waals surface area contributed by atoms with Crippen LogP contribution in [0.1, 0.15) is 19.8 Å². The maximum absolute atomic E-state index is 10.5. The summed E-state index contributed by atoms with van der Waals surface area (Å²) in [4.78, 5) is 10.5. The molecule has 0 N–H and O–H groups in total. The molecule has 0 aromatic carbocycles. The first kappa shape index (κ1) is 7.54. The number of hydrogen-bond acceptors (Lipinski definition) is 3.